The molecule has 7 nitrogen and oxygen atoms in total. The minimum Gasteiger partial charge on any atom is -0.368 e. The van der Waals surface area contributed by atoms with Crippen molar-refractivity contribution in [2.75, 3.05) is 31.1 Å². The van der Waals surface area contributed by atoms with Crippen LogP contribution in [0.2, 0.25) is 0 Å². The number of hydrogen-bond acceptors (Lipinski definition) is 4. The second-order valence-electron chi connectivity index (χ2n) is 8.36. The van der Waals surface area contributed by atoms with Crippen molar-refractivity contribution < 1.29 is 18.0 Å². The Morgan fingerprint density at radius 1 is 1.00 bits per heavy atom. The first-order valence-electron chi connectivity index (χ1n) is 10.9. The molecule has 0 bridgehead atoms. The van der Waals surface area contributed by atoms with Gasteiger partial charge >= 0.3 is 6.18 Å². The number of anilines is 1. The number of halogens is 3. The van der Waals surface area contributed by atoms with E-state index < -0.39 is 11.7 Å². The molecule has 176 valence electrons. The van der Waals surface area contributed by atoms with Crippen LogP contribution in [-0.4, -0.2) is 51.2 Å². The highest BCUT2D eigenvalue weighted by Crippen LogP contribution is 2.32. The number of aryl methyl sites for hydroxylation is 1. The first-order chi connectivity index (χ1) is 16.2. The Kier molecular flexibility index (Phi) is 5.30. The molecule has 10 heteroatoms. The van der Waals surface area contributed by atoms with E-state index in [1.807, 2.05) is 33.8 Å². The van der Waals surface area contributed by atoms with Crippen LogP contribution < -0.4 is 10.5 Å². The molecule has 0 atom stereocenters. The Balaban J connectivity index is 1.36. The molecule has 0 N–H and O–H groups in total. The van der Waals surface area contributed by atoms with E-state index in [0.29, 0.717) is 43.2 Å². The van der Waals surface area contributed by atoms with Crippen LogP contribution in [-0.2, 0) is 17.5 Å². The zero-order valence-electron chi connectivity index (χ0n) is 18.4. The van der Waals surface area contributed by atoms with Gasteiger partial charge in [0.1, 0.15) is 6.54 Å². The van der Waals surface area contributed by atoms with E-state index in [0.717, 1.165) is 23.0 Å². The number of alkyl halides is 3. The second kappa shape index (κ2) is 8.19. The molecule has 1 saturated heterocycles. The average Bonchev–Trinajstić information content (AvgIpc) is 3.12. The third-order valence-corrected chi connectivity index (χ3v) is 6.20. The summed E-state index contributed by atoms with van der Waals surface area (Å²) in [7, 11) is 0. The summed E-state index contributed by atoms with van der Waals surface area (Å²) in [4.78, 5) is 32.9. The molecule has 3 heterocycles. The predicted octanol–water partition coefficient (Wildman–Crippen LogP) is 3.33. The molecule has 34 heavy (non-hydrogen) atoms. The fourth-order valence-corrected chi connectivity index (χ4v) is 4.54. The summed E-state index contributed by atoms with van der Waals surface area (Å²) >= 11 is 0. The minimum absolute atomic E-state index is 0.0545. The molecule has 4 aromatic rings. The van der Waals surface area contributed by atoms with Gasteiger partial charge in [-0.1, -0.05) is 18.2 Å². The van der Waals surface area contributed by atoms with Crippen molar-refractivity contribution in [3.05, 3.63) is 76.2 Å². The third-order valence-electron chi connectivity index (χ3n) is 6.20. The first-order valence-corrected chi connectivity index (χ1v) is 10.9. The summed E-state index contributed by atoms with van der Waals surface area (Å²) in [5, 5.41) is 0.783. The normalized spacial score (nSPS) is 14.8. The second-order valence-corrected chi connectivity index (χ2v) is 8.36. The number of para-hydroxylation sites is 1. The highest BCUT2D eigenvalue weighted by atomic mass is 19.4. The van der Waals surface area contributed by atoms with Crippen molar-refractivity contribution >= 4 is 28.1 Å². The molecule has 1 aliphatic heterocycles. The summed E-state index contributed by atoms with van der Waals surface area (Å²) in [6, 6.07) is 14.2. The standard InChI is InChI=1S/C24H22F3N5O2/c1-16-13-21(33)28-23-19-7-2-3-8-20(19)31(32(16)23)15-22(34)30-11-9-29(10-12-30)18-6-4-5-17(14-18)24(25,26)27/h2-8,13-14H,9-12,15H2,1H3. The molecule has 2 aromatic heterocycles. The molecule has 5 rings (SSSR count). The first kappa shape index (κ1) is 22.0. The Labute approximate surface area is 192 Å². The number of carbonyl (C=O) groups excluding carboxylic acids is 1. The van der Waals surface area contributed by atoms with Crippen molar-refractivity contribution in [3.8, 4) is 0 Å². The molecule has 0 unspecified atom stereocenters. The van der Waals surface area contributed by atoms with Crippen molar-refractivity contribution in [1.82, 2.24) is 19.1 Å². The van der Waals surface area contributed by atoms with Gasteiger partial charge in [0.15, 0.2) is 5.65 Å². The summed E-state index contributed by atoms with van der Waals surface area (Å²) < 4.78 is 42.8. The molecule has 0 saturated carbocycles. The van der Waals surface area contributed by atoms with Crippen LogP contribution in [0.4, 0.5) is 18.9 Å². The molecular formula is C24H22F3N5O2. The third kappa shape index (κ3) is 3.89. The molecule has 1 aliphatic rings. The SMILES string of the molecule is Cc1cc(=O)nc2c3ccccc3n(CC(=O)N3CCN(c4cccc(C(F)(F)F)c4)CC3)n12. The van der Waals surface area contributed by atoms with Gasteiger partial charge in [-0.05, 0) is 37.3 Å². The number of nitrogens with zero attached hydrogens (tertiary/aromatic N) is 5. The molecule has 1 amide bonds. The number of hydrogen-bond donors (Lipinski definition) is 0. The number of carbonyl (C=O) groups is 1. The van der Waals surface area contributed by atoms with Crippen LogP contribution >= 0.6 is 0 Å². The molecule has 0 radical (unpaired) electrons. The molecule has 2 aromatic carbocycles. The Morgan fingerprint density at radius 2 is 1.74 bits per heavy atom. The van der Waals surface area contributed by atoms with Gasteiger partial charge < -0.3 is 9.80 Å². The van der Waals surface area contributed by atoms with E-state index in [1.54, 1.807) is 22.4 Å². The predicted molar refractivity (Wildman–Crippen MR) is 122 cm³/mol. The lowest BCUT2D eigenvalue weighted by Crippen LogP contribution is -2.49. The number of piperazine rings is 1. The van der Waals surface area contributed by atoms with E-state index in [9.17, 15) is 22.8 Å². The van der Waals surface area contributed by atoms with E-state index >= 15 is 0 Å². The largest absolute Gasteiger partial charge is 0.416 e. The minimum atomic E-state index is -4.40. The number of fused-ring (bicyclic) bond motifs is 3. The van der Waals surface area contributed by atoms with E-state index in [2.05, 4.69) is 4.98 Å². The van der Waals surface area contributed by atoms with Crippen LogP contribution in [0.3, 0.4) is 0 Å². The van der Waals surface area contributed by atoms with Gasteiger partial charge in [0.05, 0.1) is 11.1 Å². The lowest BCUT2D eigenvalue weighted by Gasteiger charge is -2.36. The Hall–Kier alpha value is -3.82. The number of amides is 1. The quantitative estimate of drug-likeness (QED) is 0.462. The van der Waals surface area contributed by atoms with Crippen molar-refractivity contribution in [2.45, 2.75) is 19.6 Å². The van der Waals surface area contributed by atoms with Crippen LogP contribution in [0.5, 0.6) is 0 Å². The van der Waals surface area contributed by atoms with Crippen LogP contribution in [0, 0.1) is 6.92 Å². The monoisotopic (exact) mass is 469 g/mol. The van der Waals surface area contributed by atoms with Crippen molar-refractivity contribution in [1.29, 1.82) is 0 Å². The van der Waals surface area contributed by atoms with Gasteiger partial charge in [-0.25, -0.2) is 4.52 Å². The maximum absolute atomic E-state index is 13.2. The number of benzene rings is 2. The van der Waals surface area contributed by atoms with Crippen molar-refractivity contribution in [3.63, 3.8) is 0 Å². The van der Waals surface area contributed by atoms with Crippen LogP contribution in [0.1, 0.15) is 11.3 Å². The van der Waals surface area contributed by atoms with Gasteiger partial charge in [-0.3, -0.25) is 14.3 Å². The summed E-state index contributed by atoms with van der Waals surface area (Å²) in [5.74, 6) is -0.107. The fourth-order valence-electron chi connectivity index (χ4n) is 4.54. The Morgan fingerprint density at radius 3 is 2.47 bits per heavy atom. The summed E-state index contributed by atoms with van der Waals surface area (Å²) in [5.41, 5.74) is 1.44. The van der Waals surface area contributed by atoms with Gasteiger partial charge in [-0.15, -0.1) is 0 Å². The highest BCUT2D eigenvalue weighted by molar-refractivity contribution is 5.93. The average molecular weight is 469 g/mol. The molecule has 0 aliphatic carbocycles. The smallest absolute Gasteiger partial charge is 0.368 e. The van der Waals surface area contributed by atoms with E-state index in [1.165, 1.54) is 12.1 Å². The zero-order valence-corrected chi connectivity index (χ0v) is 18.4. The van der Waals surface area contributed by atoms with E-state index in [4.69, 9.17) is 0 Å². The number of rotatable bonds is 3. The molecule has 0 spiro atoms. The van der Waals surface area contributed by atoms with Gasteiger partial charge in [-0.2, -0.15) is 18.2 Å². The molecule has 1 fully saturated rings. The fraction of sp³-hybridized carbons (Fsp3) is 0.292. The van der Waals surface area contributed by atoms with Gasteiger partial charge in [0.2, 0.25) is 5.91 Å². The van der Waals surface area contributed by atoms with Crippen molar-refractivity contribution in [2.24, 2.45) is 0 Å². The highest BCUT2D eigenvalue weighted by Gasteiger charge is 2.31. The van der Waals surface area contributed by atoms with Gasteiger partial charge in [0, 0.05) is 49.0 Å². The summed E-state index contributed by atoms with van der Waals surface area (Å²) in [6.07, 6.45) is -4.40. The topological polar surface area (TPSA) is 62.9 Å². The van der Waals surface area contributed by atoms with E-state index in [-0.39, 0.29) is 18.0 Å². The van der Waals surface area contributed by atoms with Gasteiger partial charge in [0.25, 0.3) is 5.56 Å². The Bertz CT molecular complexity index is 1450. The van der Waals surface area contributed by atoms with Crippen LogP contribution in [0.25, 0.3) is 16.6 Å². The zero-order chi connectivity index (χ0) is 24.0. The maximum atomic E-state index is 13.2. The van der Waals surface area contributed by atoms with Crippen LogP contribution in [0.15, 0.2) is 59.4 Å². The lowest BCUT2D eigenvalue weighted by molar-refractivity contribution is -0.137. The number of aromatic nitrogens is 3. The maximum Gasteiger partial charge on any atom is 0.416 e. The summed E-state index contributed by atoms with van der Waals surface area (Å²) in [6.45, 7) is 3.53. The lowest BCUT2D eigenvalue weighted by atomic mass is 10.1. The molecular weight excluding hydrogens is 447 g/mol.